The minimum Gasteiger partial charge on any atom is -0.493 e. The van der Waals surface area contributed by atoms with Crippen LogP contribution in [-0.2, 0) is 15.6 Å². The summed E-state index contributed by atoms with van der Waals surface area (Å²) in [7, 11) is -0.724. The van der Waals surface area contributed by atoms with Gasteiger partial charge in [-0.2, -0.15) is 4.72 Å². The van der Waals surface area contributed by atoms with Gasteiger partial charge >= 0.3 is 0 Å². The van der Waals surface area contributed by atoms with Crippen LogP contribution in [0.25, 0.3) is 0 Å². The smallest absolute Gasteiger partial charge is 0.241 e. The molecule has 6 nitrogen and oxygen atoms in total. The number of benzene rings is 1. The van der Waals surface area contributed by atoms with E-state index in [0.717, 1.165) is 36.4 Å². The summed E-state index contributed by atoms with van der Waals surface area (Å²) < 4.78 is 40.0. The number of hydrogen-bond donors (Lipinski definition) is 1. The second-order valence-corrected chi connectivity index (χ2v) is 9.17. The standard InChI is InChI=1S/C18H24N2O4S2/c1-12-9-14(23-3)15(24-4)10-16(12)26(21,22)20-18(7-5-6-8-18)17-19-13(2)11-25-17/h9-11,20H,5-8H2,1-4H3. The largest absolute Gasteiger partial charge is 0.493 e. The fraction of sp³-hybridized carbons (Fsp3) is 0.500. The Morgan fingerprint density at radius 1 is 1.12 bits per heavy atom. The van der Waals surface area contributed by atoms with Crippen molar-refractivity contribution < 1.29 is 17.9 Å². The molecule has 1 saturated carbocycles. The maximum absolute atomic E-state index is 13.2. The van der Waals surface area contributed by atoms with Crippen molar-refractivity contribution in [3.05, 3.63) is 33.8 Å². The zero-order chi connectivity index (χ0) is 18.9. The van der Waals surface area contributed by atoms with Crippen molar-refractivity contribution in [3.8, 4) is 11.5 Å². The Labute approximate surface area is 158 Å². The Hall–Kier alpha value is -1.64. The number of aromatic nitrogens is 1. The second kappa shape index (κ2) is 7.17. The van der Waals surface area contributed by atoms with Crippen molar-refractivity contribution in [3.63, 3.8) is 0 Å². The quantitative estimate of drug-likeness (QED) is 0.808. The topological polar surface area (TPSA) is 77.5 Å². The second-order valence-electron chi connectivity index (χ2n) is 6.66. The number of aryl methyl sites for hydroxylation is 2. The van der Waals surface area contributed by atoms with Gasteiger partial charge in [0, 0.05) is 17.1 Å². The van der Waals surface area contributed by atoms with E-state index in [4.69, 9.17) is 9.47 Å². The third kappa shape index (κ3) is 3.45. The number of thiazole rings is 1. The molecule has 0 saturated heterocycles. The average molecular weight is 397 g/mol. The first-order valence-electron chi connectivity index (χ1n) is 8.50. The molecule has 8 heteroatoms. The van der Waals surface area contributed by atoms with Crippen molar-refractivity contribution in [2.45, 2.75) is 50.0 Å². The Bertz CT molecular complexity index is 900. The number of ether oxygens (including phenoxy) is 2. The van der Waals surface area contributed by atoms with Crippen LogP contribution in [0.4, 0.5) is 0 Å². The predicted molar refractivity (Wildman–Crippen MR) is 102 cm³/mol. The minimum absolute atomic E-state index is 0.203. The normalized spacial score (nSPS) is 16.6. The van der Waals surface area contributed by atoms with E-state index in [2.05, 4.69) is 9.71 Å². The van der Waals surface area contributed by atoms with E-state index in [1.807, 2.05) is 12.3 Å². The van der Waals surface area contributed by atoms with Crippen LogP contribution in [0, 0.1) is 13.8 Å². The molecule has 0 spiro atoms. The molecule has 0 atom stereocenters. The summed E-state index contributed by atoms with van der Waals surface area (Å²) in [5, 5.41) is 2.81. The maximum Gasteiger partial charge on any atom is 0.241 e. The van der Waals surface area contributed by atoms with Crippen LogP contribution in [0.5, 0.6) is 11.5 Å². The molecule has 1 aromatic heterocycles. The summed E-state index contributed by atoms with van der Waals surface area (Å²) in [4.78, 5) is 4.78. The van der Waals surface area contributed by atoms with E-state index in [1.165, 1.54) is 31.6 Å². The van der Waals surface area contributed by atoms with Gasteiger partial charge in [-0.25, -0.2) is 13.4 Å². The molecule has 1 aliphatic carbocycles. The monoisotopic (exact) mass is 396 g/mol. The molecule has 3 rings (SSSR count). The molecule has 1 N–H and O–H groups in total. The highest BCUT2D eigenvalue weighted by Gasteiger charge is 2.42. The summed E-state index contributed by atoms with van der Waals surface area (Å²) in [6.45, 7) is 3.68. The van der Waals surface area contributed by atoms with Crippen LogP contribution in [-0.4, -0.2) is 27.6 Å². The molecule has 0 bridgehead atoms. The van der Waals surface area contributed by atoms with Crippen molar-refractivity contribution >= 4 is 21.4 Å². The molecule has 0 amide bonds. The highest BCUT2D eigenvalue weighted by atomic mass is 32.2. The first-order valence-corrected chi connectivity index (χ1v) is 10.9. The minimum atomic E-state index is -3.75. The Morgan fingerprint density at radius 3 is 2.27 bits per heavy atom. The van der Waals surface area contributed by atoms with E-state index in [1.54, 1.807) is 13.0 Å². The SMILES string of the molecule is COc1cc(C)c(S(=O)(=O)NC2(c3nc(C)cs3)CCCC2)cc1OC. The highest BCUT2D eigenvalue weighted by molar-refractivity contribution is 7.89. The molecule has 1 heterocycles. The zero-order valence-corrected chi connectivity index (χ0v) is 17.1. The van der Waals surface area contributed by atoms with E-state index in [0.29, 0.717) is 17.1 Å². The van der Waals surface area contributed by atoms with Gasteiger partial charge in [-0.05, 0) is 38.3 Å². The molecule has 26 heavy (non-hydrogen) atoms. The average Bonchev–Trinajstić information content (AvgIpc) is 3.23. The summed E-state index contributed by atoms with van der Waals surface area (Å²) in [6, 6.07) is 3.20. The lowest BCUT2D eigenvalue weighted by Crippen LogP contribution is -2.43. The fourth-order valence-corrected chi connectivity index (χ4v) is 6.22. The van der Waals surface area contributed by atoms with Crippen LogP contribution in [0.1, 0.15) is 41.9 Å². The van der Waals surface area contributed by atoms with Crippen molar-refractivity contribution in [2.24, 2.45) is 0 Å². The van der Waals surface area contributed by atoms with Crippen LogP contribution in [0.15, 0.2) is 22.4 Å². The molecule has 0 aliphatic heterocycles. The molecule has 2 aromatic rings. The van der Waals surface area contributed by atoms with Crippen molar-refractivity contribution in [1.82, 2.24) is 9.71 Å². The lowest BCUT2D eigenvalue weighted by atomic mass is 10.0. The molecule has 142 valence electrons. The summed E-state index contributed by atoms with van der Waals surface area (Å²) >= 11 is 1.52. The van der Waals surface area contributed by atoms with Crippen LogP contribution in [0.2, 0.25) is 0 Å². The third-order valence-electron chi connectivity index (χ3n) is 4.79. The van der Waals surface area contributed by atoms with E-state index in [9.17, 15) is 8.42 Å². The van der Waals surface area contributed by atoms with Crippen LogP contribution < -0.4 is 14.2 Å². The van der Waals surface area contributed by atoms with Crippen molar-refractivity contribution in [2.75, 3.05) is 14.2 Å². The van der Waals surface area contributed by atoms with Gasteiger partial charge in [-0.1, -0.05) is 12.8 Å². The summed E-state index contributed by atoms with van der Waals surface area (Å²) in [6.07, 6.45) is 3.47. The highest BCUT2D eigenvalue weighted by Crippen LogP contribution is 2.42. The Balaban J connectivity index is 2.03. The Kier molecular flexibility index (Phi) is 5.28. The Morgan fingerprint density at radius 2 is 1.73 bits per heavy atom. The molecular weight excluding hydrogens is 372 g/mol. The number of nitrogens with one attached hydrogen (secondary N) is 1. The van der Waals surface area contributed by atoms with Gasteiger partial charge in [0.25, 0.3) is 0 Å². The lowest BCUT2D eigenvalue weighted by Gasteiger charge is -2.28. The molecule has 1 fully saturated rings. The van der Waals surface area contributed by atoms with Gasteiger partial charge in [0.1, 0.15) is 5.01 Å². The van der Waals surface area contributed by atoms with Crippen LogP contribution in [0.3, 0.4) is 0 Å². The van der Waals surface area contributed by atoms with E-state index < -0.39 is 15.6 Å². The fourth-order valence-electron chi connectivity index (χ4n) is 3.48. The third-order valence-corrected chi connectivity index (χ3v) is 7.63. The predicted octanol–water partition coefficient (Wildman–Crippen LogP) is 3.52. The van der Waals surface area contributed by atoms with E-state index >= 15 is 0 Å². The van der Waals surface area contributed by atoms with E-state index in [-0.39, 0.29) is 4.90 Å². The van der Waals surface area contributed by atoms with Gasteiger partial charge in [0.2, 0.25) is 10.0 Å². The van der Waals surface area contributed by atoms with Gasteiger partial charge in [0.05, 0.1) is 24.7 Å². The van der Waals surface area contributed by atoms with Gasteiger partial charge in [0.15, 0.2) is 11.5 Å². The zero-order valence-electron chi connectivity index (χ0n) is 15.5. The molecule has 1 aliphatic rings. The molecule has 0 radical (unpaired) electrons. The number of rotatable bonds is 6. The number of nitrogens with zero attached hydrogens (tertiary/aromatic N) is 1. The maximum atomic E-state index is 13.2. The molecule has 0 unspecified atom stereocenters. The van der Waals surface area contributed by atoms with Crippen molar-refractivity contribution in [1.29, 1.82) is 0 Å². The summed E-state index contributed by atoms with van der Waals surface area (Å²) in [5.41, 5.74) is 0.897. The molecule has 1 aromatic carbocycles. The van der Waals surface area contributed by atoms with Gasteiger partial charge in [-0.3, -0.25) is 0 Å². The van der Waals surface area contributed by atoms with Gasteiger partial charge < -0.3 is 9.47 Å². The lowest BCUT2D eigenvalue weighted by molar-refractivity contribution is 0.353. The molecular formula is C18H24N2O4S2. The first-order chi connectivity index (χ1) is 12.3. The van der Waals surface area contributed by atoms with Gasteiger partial charge in [-0.15, -0.1) is 11.3 Å². The van der Waals surface area contributed by atoms with Crippen LogP contribution >= 0.6 is 11.3 Å². The first kappa shape index (κ1) is 19.1. The number of methoxy groups -OCH3 is 2. The number of hydrogen-bond acceptors (Lipinski definition) is 6. The number of sulfonamides is 1. The summed E-state index contributed by atoms with van der Waals surface area (Å²) in [5.74, 6) is 0.902.